The maximum absolute atomic E-state index is 14.8. The molecule has 2 aromatic heterocycles. The summed E-state index contributed by atoms with van der Waals surface area (Å²) in [5.74, 6) is -2.24. The van der Waals surface area contributed by atoms with Gasteiger partial charge in [0.2, 0.25) is 0 Å². The number of aryl methyl sites for hydroxylation is 2. The average Bonchev–Trinajstić information content (AvgIpc) is 3.38. The van der Waals surface area contributed by atoms with Crippen LogP contribution in [0.25, 0.3) is 28.3 Å². The van der Waals surface area contributed by atoms with E-state index in [9.17, 15) is 28.2 Å². The minimum absolute atomic E-state index is 0.0242. The summed E-state index contributed by atoms with van der Waals surface area (Å²) < 4.78 is 49.6. The van der Waals surface area contributed by atoms with Crippen LogP contribution in [0, 0.1) is 31.3 Å². The van der Waals surface area contributed by atoms with E-state index in [1.807, 2.05) is 0 Å². The van der Waals surface area contributed by atoms with Crippen LogP contribution in [-0.4, -0.2) is 32.0 Å². The predicted octanol–water partition coefficient (Wildman–Crippen LogP) is 4.79. The van der Waals surface area contributed by atoms with Crippen molar-refractivity contribution in [1.29, 1.82) is 0 Å². The highest BCUT2D eigenvalue weighted by atomic mass is 19.1. The van der Waals surface area contributed by atoms with Gasteiger partial charge in [0.25, 0.3) is 5.56 Å². The highest BCUT2D eigenvalue weighted by molar-refractivity contribution is 5.77. The van der Waals surface area contributed by atoms with E-state index in [4.69, 9.17) is 4.42 Å². The molecule has 0 aliphatic heterocycles. The normalized spacial score (nSPS) is 19.7. The van der Waals surface area contributed by atoms with Crippen LogP contribution < -0.4 is 5.56 Å². The van der Waals surface area contributed by atoms with Crippen LogP contribution in [0.15, 0.2) is 57.9 Å². The van der Waals surface area contributed by atoms with Crippen LogP contribution >= 0.6 is 0 Å². The number of aliphatic hydroxyl groups excluding tert-OH is 2. The van der Waals surface area contributed by atoms with Crippen LogP contribution in [0.3, 0.4) is 0 Å². The van der Waals surface area contributed by atoms with Crippen molar-refractivity contribution in [2.24, 2.45) is 0 Å². The van der Waals surface area contributed by atoms with Crippen molar-refractivity contribution in [3.8, 4) is 28.3 Å². The number of pyridine rings is 1. The fourth-order valence-corrected chi connectivity index (χ4v) is 4.84. The van der Waals surface area contributed by atoms with Crippen molar-refractivity contribution in [3.63, 3.8) is 0 Å². The van der Waals surface area contributed by atoms with Crippen molar-refractivity contribution < 1.29 is 27.8 Å². The van der Waals surface area contributed by atoms with Crippen LogP contribution in [0.4, 0.5) is 13.2 Å². The van der Waals surface area contributed by atoms with E-state index in [2.05, 4.69) is 4.98 Å². The van der Waals surface area contributed by atoms with Gasteiger partial charge in [-0.25, -0.2) is 18.2 Å². The Morgan fingerprint density at radius 2 is 1.61 bits per heavy atom. The molecule has 0 amide bonds. The lowest BCUT2D eigenvalue weighted by Gasteiger charge is -2.14. The number of rotatable bonds is 4. The lowest BCUT2D eigenvalue weighted by Crippen LogP contribution is -2.18. The first-order chi connectivity index (χ1) is 17.1. The Hall–Kier alpha value is -3.69. The molecule has 1 aliphatic carbocycles. The molecule has 1 fully saturated rings. The third-order valence-corrected chi connectivity index (χ3v) is 6.55. The van der Waals surface area contributed by atoms with Gasteiger partial charge in [0.05, 0.1) is 23.5 Å². The lowest BCUT2D eigenvalue weighted by atomic mass is 10.1. The summed E-state index contributed by atoms with van der Waals surface area (Å²) in [6.07, 6.45) is 0.0470. The van der Waals surface area contributed by atoms with Gasteiger partial charge in [-0.1, -0.05) is 0 Å². The molecule has 1 aliphatic rings. The summed E-state index contributed by atoms with van der Waals surface area (Å²) >= 11 is 0. The van der Waals surface area contributed by atoms with Gasteiger partial charge in [-0.15, -0.1) is 0 Å². The summed E-state index contributed by atoms with van der Waals surface area (Å²) in [6.45, 7) is 3.38. The summed E-state index contributed by atoms with van der Waals surface area (Å²) in [7, 11) is 0. The third kappa shape index (κ3) is 4.25. The molecule has 0 bridgehead atoms. The number of benzene rings is 2. The molecule has 0 saturated heterocycles. The molecule has 6 nitrogen and oxygen atoms in total. The van der Waals surface area contributed by atoms with Crippen molar-refractivity contribution in [3.05, 3.63) is 93.5 Å². The molecular weight excluding hydrogens is 473 g/mol. The zero-order chi connectivity index (χ0) is 25.7. The molecule has 0 spiro atoms. The molecule has 0 radical (unpaired) electrons. The maximum Gasteiger partial charge on any atom is 0.255 e. The van der Waals surface area contributed by atoms with E-state index in [0.29, 0.717) is 22.4 Å². The number of halogens is 3. The van der Waals surface area contributed by atoms with E-state index >= 15 is 0 Å². The number of aliphatic hydroxyl groups is 2. The Kier molecular flexibility index (Phi) is 6.05. The SMILES string of the molecule is Cc1cc(F)cc(C)c1-n1cc(-c2nc([C@H]3C[C@@H](O)[C@@H](O)C3)oc2-c2ccc(F)cc2F)ccc1=O. The number of hydrogen-bond acceptors (Lipinski definition) is 5. The molecule has 2 aromatic carbocycles. The second kappa shape index (κ2) is 9.07. The standard InChI is InChI=1S/C27H23F3N2O4/c1-13-7-18(29)8-14(2)25(13)32-12-15(3-6-23(32)35)24-26(19-5-4-17(28)11-20(19)30)36-27(31-24)16-9-21(33)22(34)10-16/h3-8,11-12,16,21-22,33-34H,9-10H2,1-2H3/t16-,21+,22-. The highest BCUT2D eigenvalue weighted by Crippen LogP contribution is 2.41. The van der Waals surface area contributed by atoms with Crippen LogP contribution in [0.2, 0.25) is 0 Å². The van der Waals surface area contributed by atoms with E-state index in [0.717, 1.165) is 12.1 Å². The largest absolute Gasteiger partial charge is 0.440 e. The van der Waals surface area contributed by atoms with Crippen molar-refractivity contribution in [1.82, 2.24) is 9.55 Å². The Labute approximate surface area is 204 Å². The molecule has 0 unspecified atom stereocenters. The molecule has 36 heavy (non-hydrogen) atoms. The number of aromatic nitrogens is 2. The minimum Gasteiger partial charge on any atom is -0.440 e. The zero-order valence-corrected chi connectivity index (χ0v) is 19.5. The fourth-order valence-electron chi connectivity index (χ4n) is 4.84. The Morgan fingerprint density at radius 1 is 0.944 bits per heavy atom. The molecule has 4 aromatic rings. The van der Waals surface area contributed by atoms with Gasteiger partial charge in [-0.3, -0.25) is 9.36 Å². The summed E-state index contributed by atoms with van der Waals surface area (Å²) in [5.41, 5.74) is 1.82. The van der Waals surface area contributed by atoms with E-state index < -0.39 is 35.6 Å². The monoisotopic (exact) mass is 496 g/mol. The molecule has 9 heteroatoms. The topological polar surface area (TPSA) is 88.5 Å². The second-order valence-electron chi connectivity index (χ2n) is 9.17. The van der Waals surface area contributed by atoms with Crippen molar-refractivity contribution >= 4 is 0 Å². The van der Waals surface area contributed by atoms with E-state index in [1.165, 1.54) is 41.1 Å². The van der Waals surface area contributed by atoms with Gasteiger partial charge in [0, 0.05) is 29.8 Å². The van der Waals surface area contributed by atoms with Crippen LogP contribution in [-0.2, 0) is 0 Å². The summed E-state index contributed by atoms with van der Waals surface area (Å²) in [4.78, 5) is 17.4. The minimum atomic E-state index is -0.942. The van der Waals surface area contributed by atoms with Crippen LogP contribution in [0.5, 0.6) is 0 Å². The van der Waals surface area contributed by atoms with Gasteiger partial charge in [-0.2, -0.15) is 0 Å². The van der Waals surface area contributed by atoms with Gasteiger partial charge >= 0.3 is 0 Å². The molecular formula is C27H23F3N2O4. The highest BCUT2D eigenvalue weighted by Gasteiger charge is 2.36. The van der Waals surface area contributed by atoms with E-state index in [-0.39, 0.29) is 41.3 Å². The average molecular weight is 496 g/mol. The summed E-state index contributed by atoms with van der Waals surface area (Å²) in [6, 6.07) is 8.55. The fraction of sp³-hybridized carbons (Fsp3) is 0.259. The predicted molar refractivity (Wildman–Crippen MR) is 126 cm³/mol. The first-order valence-electron chi connectivity index (χ1n) is 11.4. The molecule has 1 saturated carbocycles. The second-order valence-corrected chi connectivity index (χ2v) is 9.17. The smallest absolute Gasteiger partial charge is 0.255 e. The molecule has 3 atom stereocenters. The van der Waals surface area contributed by atoms with Crippen LogP contribution in [0.1, 0.15) is 35.8 Å². The van der Waals surface area contributed by atoms with Gasteiger partial charge in [0.1, 0.15) is 23.1 Å². The first kappa shape index (κ1) is 24.0. The number of nitrogens with zero attached hydrogens (tertiary/aromatic N) is 2. The Morgan fingerprint density at radius 3 is 2.25 bits per heavy atom. The molecule has 2 N–H and O–H groups in total. The molecule has 5 rings (SSSR count). The van der Waals surface area contributed by atoms with Gasteiger partial charge in [-0.05, 0) is 68.1 Å². The maximum atomic E-state index is 14.8. The Bertz CT molecular complexity index is 1490. The van der Waals surface area contributed by atoms with Crippen molar-refractivity contribution in [2.75, 3.05) is 0 Å². The zero-order valence-electron chi connectivity index (χ0n) is 19.5. The van der Waals surface area contributed by atoms with Gasteiger partial charge in [0.15, 0.2) is 11.7 Å². The van der Waals surface area contributed by atoms with E-state index in [1.54, 1.807) is 13.8 Å². The molecule has 2 heterocycles. The number of hydrogen-bond donors (Lipinski definition) is 2. The summed E-state index contributed by atoms with van der Waals surface area (Å²) in [5, 5.41) is 20.0. The molecule has 186 valence electrons. The lowest BCUT2D eigenvalue weighted by molar-refractivity contribution is 0.0438. The quantitative estimate of drug-likeness (QED) is 0.424. The third-order valence-electron chi connectivity index (χ3n) is 6.55. The van der Waals surface area contributed by atoms with Crippen molar-refractivity contribution in [2.45, 2.75) is 44.8 Å². The Balaban J connectivity index is 1.70. The van der Waals surface area contributed by atoms with Gasteiger partial charge < -0.3 is 14.6 Å². The first-order valence-corrected chi connectivity index (χ1v) is 11.4. The number of oxazole rings is 1.